The van der Waals surface area contributed by atoms with Crippen LogP contribution in [0.25, 0.3) is 0 Å². The molecular weight excluding hydrogens is 464 g/mol. The SMILES string of the molecule is CC(C)CCCCCCCCCCCCCCCSCCCCCCCCCCCCCCCC(C)C. The summed E-state index contributed by atoms with van der Waals surface area (Å²) in [6.07, 6.45) is 41.3. The predicted octanol–water partition coefficient (Wildman–Crippen LogP) is 14.0. The highest BCUT2D eigenvalue weighted by Crippen LogP contribution is 2.17. The van der Waals surface area contributed by atoms with Crippen LogP contribution in [0.1, 0.15) is 207 Å². The fourth-order valence-corrected chi connectivity index (χ4v) is 6.53. The molecule has 224 valence electrons. The summed E-state index contributed by atoms with van der Waals surface area (Å²) < 4.78 is 0. The highest BCUT2D eigenvalue weighted by Gasteiger charge is 1.98. The maximum Gasteiger partial charge on any atom is -0.00675 e. The molecule has 0 aromatic heterocycles. The van der Waals surface area contributed by atoms with Gasteiger partial charge in [-0.1, -0.05) is 195 Å². The maximum atomic E-state index is 2.35. The molecule has 0 bridgehead atoms. The zero-order valence-electron chi connectivity index (χ0n) is 26.8. The third-order valence-electron chi connectivity index (χ3n) is 8.14. The van der Waals surface area contributed by atoms with E-state index in [9.17, 15) is 0 Å². The molecule has 0 N–H and O–H groups in total. The topological polar surface area (TPSA) is 0 Å². The normalized spacial score (nSPS) is 11.8. The van der Waals surface area contributed by atoms with Crippen LogP contribution in [-0.4, -0.2) is 11.5 Å². The van der Waals surface area contributed by atoms with E-state index in [4.69, 9.17) is 0 Å². The average molecular weight is 539 g/mol. The third-order valence-corrected chi connectivity index (χ3v) is 9.29. The molecule has 0 amide bonds. The van der Waals surface area contributed by atoms with Gasteiger partial charge in [-0.05, 0) is 36.2 Å². The number of unbranched alkanes of at least 4 members (excludes halogenated alkanes) is 24. The van der Waals surface area contributed by atoms with E-state index in [0.717, 1.165) is 11.8 Å². The lowest BCUT2D eigenvalue weighted by atomic mass is 10.0. The third kappa shape index (κ3) is 36.4. The van der Waals surface area contributed by atoms with E-state index < -0.39 is 0 Å². The lowest BCUT2D eigenvalue weighted by Gasteiger charge is -2.05. The van der Waals surface area contributed by atoms with Crippen molar-refractivity contribution in [1.82, 2.24) is 0 Å². The van der Waals surface area contributed by atoms with Gasteiger partial charge in [0.15, 0.2) is 0 Å². The zero-order valence-corrected chi connectivity index (χ0v) is 27.6. The van der Waals surface area contributed by atoms with E-state index in [-0.39, 0.29) is 0 Å². The van der Waals surface area contributed by atoms with Crippen molar-refractivity contribution in [2.75, 3.05) is 11.5 Å². The first-order valence-corrected chi connectivity index (χ1v) is 18.9. The van der Waals surface area contributed by atoms with Crippen molar-refractivity contribution >= 4 is 11.8 Å². The second-order valence-corrected chi connectivity index (χ2v) is 14.4. The Morgan fingerprint density at radius 3 is 0.676 bits per heavy atom. The first kappa shape index (κ1) is 37.4. The van der Waals surface area contributed by atoms with Crippen molar-refractivity contribution in [3.8, 4) is 0 Å². The van der Waals surface area contributed by atoms with Crippen LogP contribution in [0, 0.1) is 11.8 Å². The molecule has 0 aliphatic carbocycles. The van der Waals surface area contributed by atoms with Gasteiger partial charge in [0.05, 0.1) is 0 Å². The fourth-order valence-electron chi connectivity index (χ4n) is 5.50. The van der Waals surface area contributed by atoms with Gasteiger partial charge in [-0.15, -0.1) is 0 Å². The van der Waals surface area contributed by atoms with Gasteiger partial charge in [-0.25, -0.2) is 0 Å². The highest BCUT2D eigenvalue weighted by molar-refractivity contribution is 7.99. The second-order valence-electron chi connectivity index (χ2n) is 13.2. The summed E-state index contributed by atoms with van der Waals surface area (Å²) in [5, 5.41) is 0. The molecule has 0 unspecified atom stereocenters. The molecule has 0 nitrogen and oxygen atoms in total. The summed E-state index contributed by atoms with van der Waals surface area (Å²) in [5.74, 6) is 4.61. The van der Waals surface area contributed by atoms with Gasteiger partial charge in [-0.3, -0.25) is 0 Å². The van der Waals surface area contributed by atoms with Crippen LogP contribution in [-0.2, 0) is 0 Å². The predicted molar refractivity (Wildman–Crippen MR) is 176 cm³/mol. The summed E-state index contributed by atoms with van der Waals surface area (Å²) in [7, 11) is 0. The summed E-state index contributed by atoms with van der Waals surface area (Å²) >= 11 is 2.22. The van der Waals surface area contributed by atoms with Crippen molar-refractivity contribution in [2.24, 2.45) is 11.8 Å². The van der Waals surface area contributed by atoms with Crippen LogP contribution in [0.15, 0.2) is 0 Å². The van der Waals surface area contributed by atoms with Crippen LogP contribution < -0.4 is 0 Å². The quantitative estimate of drug-likeness (QED) is 0.0767. The van der Waals surface area contributed by atoms with Crippen molar-refractivity contribution in [3.63, 3.8) is 0 Å². The minimum atomic E-state index is 0.895. The number of hydrogen-bond donors (Lipinski definition) is 0. The monoisotopic (exact) mass is 539 g/mol. The van der Waals surface area contributed by atoms with E-state index in [2.05, 4.69) is 39.5 Å². The van der Waals surface area contributed by atoms with Gasteiger partial charge in [0.25, 0.3) is 0 Å². The first-order chi connectivity index (χ1) is 18.1. The van der Waals surface area contributed by atoms with Gasteiger partial charge < -0.3 is 0 Å². The van der Waals surface area contributed by atoms with Crippen molar-refractivity contribution in [1.29, 1.82) is 0 Å². The Balaban J connectivity index is 3.02. The van der Waals surface area contributed by atoms with E-state index in [0.29, 0.717) is 0 Å². The van der Waals surface area contributed by atoms with Gasteiger partial charge in [0.1, 0.15) is 0 Å². The molecule has 1 heteroatoms. The van der Waals surface area contributed by atoms with E-state index >= 15 is 0 Å². The minimum absolute atomic E-state index is 0.895. The molecule has 0 atom stereocenters. The zero-order chi connectivity index (χ0) is 27.1. The van der Waals surface area contributed by atoms with Crippen LogP contribution >= 0.6 is 11.8 Å². The molecule has 0 heterocycles. The second kappa shape index (κ2) is 32.6. The Morgan fingerprint density at radius 2 is 0.459 bits per heavy atom. The fraction of sp³-hybridized carbons (Fsp3) is 1.00. The van der Waals surface area contributed by atoms with Gasteiger partial charge in [0.2, 0.25) is 0 Å². The molecule has 0 saturated heterocycles. The molecule has 0 aliphatic rings. The molecule has 0 aliphatic heterocycles. The van der Waals surface area contributed by atoms with Crippen LogP contribution in [0.3, 0.4) is 0 Å². The maximum absolute atomic E-state index is 2.35. The molecule has 0 aromatic carbocycles. The Hall–Kier alpha value is 0.350. The number of thioether (sulfide) groups is 1. The van der Waals surface area contributed by atoms with Crippen molar-refractivity contribution in [3.05, 3.63) is 0 Å². The average Bonchev–Trinajstić information content (AvgIpc) is 2.87. The molecule has 0 fully saturated rings. The standard InChI is InChI=1S/C36H74S/c1-35(2)31-27-23-19-15-11-7-5-9-13-17-21-25-29-33-37-34-30-26-22-18-14-10-6-8-12-16-20-24-28-32-36(3)4/h35-36H,5-34H2,1-4H3. The lowest BCUT2D eigenvalue weighted by Crippen LogP contribution is -1.88. The molecular formula is C36H74S. The Morgan fingerprint density at radius 1 is 0.270 bits per heavy atom. The Bertz CT molecular complexity index is 352. The minimum Gasteiger partial charge on any atom is -0.162 e. The highest BCUT2D eigenvalue weighted by atomic mass is 32.2. The van der Waals surface area contributed by atoms with Gasteiger partial charge in [0, 0.05) is 0 Å². The van der Waals surface area contributed by atoms with E-state index in [1.807, 2.05) is 0 Å². The first-order valence-electron chi connectivity index (χ1n) is 17.7. The number of rotatable bonds is 32. The Labute approximate surface area is 242 Å². The molecule has 0 radical (unpaired) electrons. The van der Waals surface area contributed by atoms with Crippen LogP contribution in [0.2, 0.25) is 0 Å². The van der Waals surface area contributed by atoms with E-state index in [1.54, 1.807) is 0 Å². The van der Waals surface area contributed by atoms with Crippen LogP contribution in [0.4, 0.5) is 0 Å². The van der Waals surface area contributed by atoms with Gasteiger partial charge in [-0.2, -0.15) is 11.8 Å². The molecule has 37 heavy (non-hydrogen) atoms. The summed E-state index contributed by atoms with van der Waals surface area (Å²) in [5.41, 5.74) is 0. The molecule has 0 rings (SSSR count). The van der Waals surface area contributed by atoms with E-state index in [1.165, 1.54) is 191 Å². The van der Waals surface area contributed by atoms with Crippen LogP contribution in [0.5, 0.6) is 0 Å². The molecule has 0 spiro atoms. The largest absolute Gasteiger partial charge is 0.162 e. The van der Waals surface area contributed by atoms with Crippen molar-refractivity contribution in [2.45, 2.75) is 207 Å². The molecule has 0 aromatic rings. The molecule has 0 saturated carbocycles. The van der Waals surface area contributed by atoms with Crippen molar-refractivity contribution < 1.29 is 0 Å². The Kier molecular flexibility index (Phi) is 32.9. The van der Waals surface area contributed by atoms with Gasteiger partial charge >= 0.3 is 0 Å². The number of hydrogen-bond acceptors (Lipinski definition) is 1. The summed E-state index contributed by atoms with van der Waals surface area (Å²) in [6, 6.07) is 0. The summed E-state index contributed by atoms with van der Waals surface area (Å²) in [6.45, 7) is 9.40. The summed E-state index contributed by atoms with van der Waals surface area (Å²) in [4.78, 5) is 0. The smallest absolute Gasteiger partial charge is 0.00675 e. The lowest BCUT2D eigenvalue weighted by molar-refractivity contribution is 0.503.